The van der Waals surface area contributed by atoms with Crippen LogP contribution in [0.2, 0.25) is 0 Å². The highest BCUT2D eigenvalue weighted by Gasteiger charge is 2.13. The van der Waals surface area contributed by atoms with Crippen molar-refractivity contribution in [2.24, 2.45) is 0 Å². The summed E-state index contributed by atoms with van der Waals surface area (Å²) in [4.78, 5) is 0. The number of aryl methyl sites for hydroxylation is 1. The maximum absolute atomic E-state index is 2.42. The fraction of sp³-hybridized carbons (Fsp3) is 0.467. The van der Waals surface area contributed by atoms with Gasteiger partial charge in [0, 0.05) is 0 Å². The highest BCUT2D eigenvalue weighted by atomic mass is 14.2. The molecule has 0 aromatic heterocycles. The Morgan fingerprint density at radius 2 is 2.07 bits per heavy atom. The van der Waals surface area contributed by atoms with Crippen molar-refractivity contribution in [3.8, 4) is 0 Å². The molecule has 0 radical (unpaired) electrons. The molecule has 0 atom stereocenters. The van der Waals surface area contributed by atoms with Gasteiger partial charge in [0.25, 0.3) is 0 Å². The zero-order valence-corrected chi connectivity index (χ0v) is 9.84. The van der Waals surface area contributed by atoms with E-state index in [0.717, 1.165) is 0 Å². The third kappa shape index (κ3) is 2.14. The van der Waals surface area contributed by atoms with E-state index in [9.17, 15) is 0 Å². The number of rotatable bonds is 4. The van der Waals surface area contributed by atoms with Crippen LogP contribution < -0.4 is 0 Å². The molecule has 0 unspecified atom stereocenters. The SMILES string of the molecule is CCCCc1cccc2c1C=C(CC)C2. The van der Waals surface area contributed by atoms with Crippen LogP contribution in [0.25, 0.3) is 6.08 Å². The molecular weight excluding hydrogens is 180 g/mol. The molecule has 0 N–H and O–H groups in total. The molecule has 1 aromatic carbocycles. The average Bonchev–Trinajstić information content (AvgIpc) is 2.69. The lowest BCUT2D eigenvalue weighted by atomic mass is 9.99. The number of allylic oxidation sites excluding steroid dienone is 1. The summed E-state index contributed by atoms with van der Waals surface area (Å²) in [5.74, 6) is 0. The topological polar surface area (TPSA) is 0 Å². The molecule has 80 valence electrons. The van der Waals surface area contributed by atoms with Crippen LogP contribution in [0.3, 0.4) is 0 Å². The van der Waals surface area contributed by atoms with Gasteiger partial charge in [0.05, 0.1) is 0 Å². The molecule has 0 heteroatoms. The van der Waals surface area contributed by atoms with Gasteiger partial charge in [-0.15, -0.1) is 0 Å². The maximum atomic E-state index is 2.42. The first-order valence-electron chi connectivity index (χ1n) is 6.15. The Morgan fingerprint density at radius 3 is 2.80 bits per heavy atom. The molecule has 1 aliphatic carbocycles. The highest BCUT2D eigenvalue weighted by molar-refractivity contribution is 5.66. The molecule has 0 amide bonds. The van der Waals surface area contributed by atoms with Crippen LogP contribution in [0, 0.1) is 0 Å². The average molecular weight is 200 g/mol. The van der Waals surface area contributed by atoms with E-state index in [4.69, 9.17) is 0 Å². The van der Waals surface area contributed by atoms with Crippen LogP contribution in [0.15, 0.2) is 23.8 Å². The second-order valence-corrected chi connectivity index (χ2v) is 4.43. The van der Waals surface area contributed by atoms with Crippen molar-refractivity contribution >= 4 is 6.08 Å². The van der Waals surface area contributed by atoms with Gasteiger partial charge in [-0.3, -0.25) is 0 Å². The van der Waals surface area contributed by atoms with Crippen molar-refractivity contribution in [3.05, 3.63) is 40.5 Å². The van der Waals surface area contributed by atoms with Crippen LogP contribution in [-0.4, -0.2) is 0 Å². The Morgan fingerprint density at radius 1 is 1.20 bits per heavy atom. The monoisotopic (exact) mass is 200 g/mol. The zero-order valence-electron chi connectivity index (χ0n) is 9.84. The molecule has 0 aliphatic heterocycles. The van der Waals surface area contributed by atoms with Gasteiger partial charge in [0.1, 0.15) is 0 Å². The molecule has 0 nitrogen and oxygen atoms in total. The lowest BCUT2D eigenvalue weighted by Crippen LogP contribution is -1.91. The largest absolute Gasteiger partial charge is 0.0655 e. The van der Waals surface area contributed by atoms with Crippen molar-refractivity contribution < 1.29 is 0 Å². The summed E-state index contributed by atoms with van der Waals surface area (Å²) in [6, 6.07) is 6.80. The summed E-state index contributed by atoms with van der Waals surface area (Å²) in [7, 11) is 0. The number of unbranched alkanes of at least 4 members (excludes halogenated alkanes) is 1. The van der Waals surface area contributed by atoms with Gasteiger partial charge in [-0.2, -0.15) is 0 Å². The number of hydrogen-bond acceptors (Lipinski definition) is 0. The first-order valence-corrected chi connectivity index (χ1v) is 6.15. The minimum atomic E-state index is 1.19. The van der Waals surface area contributed by atoms with E-state index in [1.807, 2.05) is 0 Å². The van der Waals surface area contributed by atoms with Gasteiger partial charge in [-0.05, 0) is 42.4 Å². The fourth-order valence-corrected chi connectivity index (χ4v) is 2.32. The Kier molecular flexibility index (Phi) is 3.25. The van der Waals surface area contributed by atoms with E-state index in [1.54, 1.807) is 16.7 Å². The molecule has 0 heterocycles. The summed E-state index contributed by atoms with van der Waals surface area (Å²) in [6.07, 6.45) is 8.64. The number of hydrogen-bond donors (Lipinski definition) is 0. The summed E-state index contributed by atoms with van der Waals surface area (Å²) in [5, 5.41) is 0. The molecular formula is C15H20. The molecule has 0 saturated heterocycles. The van der Waals surface area contributed by atoms with Crippen LogP contribution >= 0.6 is 0 Å². The van der Waals surface area contributed by atoms with Crippen LogP contribution in [0.4, 0.5) is 0 Å². The second-order valence-electron chi connectivity index (χ2n) is 4.43. The Labute approximate surface area is 93.0 Å². The summed E-state index contributed by atoms with van der Waals surface area (Å²) in [6.45, 7) is 4.51. The Balaban J connectivity index is 2.26. The predicted molar refractivity (Wildman–Crippen MR) is 67.0 cm³/mol. The maximum Gasteiger partial charge on any atom is -0.00578 e. The summed E-state index contributed by atoms with van der Waals surface area (Å²) in [5.41, 5.74) is 6.22. The Bertz CT molecular complexity index is 372. The molecule has 1 aliphatic rings. The van der Waals surface area contributed by atoms with E-state index < -0.39 is 0 Å². The van der Waals surface area contributed by atoms with Gasteiger partial charge in [-0.1, -0.05) is 50.1 Å². The quantitative estimate of drug-likeness (QED) is 0.676. The first-order chi connectivity index (χ1) is 7.35. The second kappa shape index (κ2) is 4.65. The normalized spacial score (nSPS) is 13.9. The zero-order chi connectivity index (χ0) is 10.7. The standard InChI is InChI=1S/C15H20/c1-3-5-7-13-8-6-9-14-10-12(4-2)11-15(13)14/h6,8-9,11H,3-5,7,10H2,1-2H3. The van der Waals surface area contributed by atoms with E-state index in [1.165, 1.54) is 37.7 Å². The molecule has 0 fully saturated rings. The van der Waals surface area contributed by atoms with E-state index in [0.29, 0.717) is 0 Å². The Hall–Kier alpha value is -1.04. The lowest BCUT2D eigenvalue weighted by Gasteiger charge is -2.06. The van der Waals surface area contributed by atoms with Gasteiger partial charge < -0.3 is 0 Å². The molecule has 0 spiro atoms. The van der Waals surface area contributed by atoms with Crippen molar-refractivity contribution in [3.63, 3.8) is 0 Å². The van der Waals surface area contributed by atoms with Crippen LogP contribution in [0.5, 0.6) is 0 Å². The van der Waals surface area contributed by atoms with E-state index in [-0.39, 0.29) is 0 Å². The van der Waals surface area contributed by atoms with Crippen molar-refractivity contribution in [1.82, 2.24) is 0 Å². The summed E-state index contributed by atoms with van der Waals surface area (Å²) >= 11 is 0. The molecule has 0 bridgehead atoms. The number of fused-ring (bicyclic) bond motifs is 1. The lowest BCUT2D eigenvalue weighted by molar-refractivity contribution is 0.793. The predicted octanol–water partition coefficient (Wildman–Crippen LogP) is 4.38. The first kappa shape index (κ1) is 10.5. The third-order valence-corrected chi connectivity index (χ3v) is 3.31. The summed E-state index contributed by atoms with van der Waals surface area (Å²) < 4.78 is 0. The highest BCUT2D eigenvalue weighted by Crippen LogP contribution is 2.30. The van der Waals surface area contributed by atoms with Gasteiger partial charge in [0.15, 0.2) is 0 Å². The van der Waals surface area contributed by atoms with Gasteiger partial charge in [-0.25, -0.2) is 0 Å². The fourth-order valence-electron chi connectivity index (χ4n) is 2.32. The molecule has 2 rings (SSSR count). The number of benzene rings is 1. The van der Waals surface area contributed by atoms with Crippen molar-refractivity contribution in [2.75, 3.05) is 0 Å². The third-order valence-electron chi connectivity index (χ3n) is 3.31. The minimum absolute atomic E-state index is 1.19. The van der Waals surface area contributed by atoms with Gasteiger partial charge >= 0.3 is 0 Å². The van der Waals surface area contributed by atoms with Crippen LogP contribution in [-0.2, 0) is 12.8 Å². The van der Waals surface area contributed by atoms with E-state index in [2.05, 4.69) is 38.1 Å². The van der Waals surface area contributed by atoms with Crippen LogP contribution in [0.1, 0.15) is 49.8 Å². The van der Waals surface area contributed by atoms with Gasteiger partial charge in [0.2, 0.25) is 0 Å². The molecule has 1 aromatic rings. The van der Waals surface area contributed by atoms with Crippen molar-refractivity contribution in [2.45, 2.75) is 46.0 Å². The minimum Gasteiger partial charge on any atom is -0.0655 e. The molecule has 15 heavy (non-hydrogen) atoms. The van der Waals surface area contributed by atoms with E-state index >= 15 is 0 Å². The smallest absolute Gasteiger partial charge is 0.00578 e. The molecule has 0 saturated carbocycles. The van der Waals surface area contributed by atoms with Crippen molar-refractivity contribution in [1.29, 1.82) is 0 Å².